The third-order valence-corrected chi connectivity index (χ3v) is 5.07. The number of unbranched alkanes of at least 4 members (excludes halogenated alkanes) is 2. The van der Waals surface area contributed by atoms with Gasteiger partial charge in [0.1, 0.15) is 0 Å². The largest absolute Gasteiger partial charge is 0.390 e. The van der Waals surface area contributed by atoms with Gasteiger partial charge in [-0.25, -0.2) is 0 Å². The minimum absolute atomic E-state index is 0.155. The third-order valence-electron chi connectivity index (χ3n) is 5.07. The zero-order valence-electron chi connectivity index (χ0n) is 13.9. The summed E-state index contributed by atoms with van der Waals surface area (Å²) in [7, 11) is 0. The molecule has 2 rings (SSSR count). The van der Waals surface area contributed by atoms with E-state index >= 15 is 0 Å². The van der Waals surface area contributed by atoms with Crippen molar-refractivity contribution >= 4 is 0 Å². The zero-order valence-corrected chi connectivity index (χ0v) is 13.9. The van der Waals surface area contributed by atoms with E-state index in [1.54, 1.807) is 0 Å². The quantitative estimate of drug-likeness (QED) is 0.735. The van der Waals surface area contributed by atoms with Gasteiger partial charge < -0.3 is 5.11 Å². The molecular formula is C20H29NO. The Morgan fingerprint density at radius 1 is 1.09 bits per heavy atom. The van der Waals surface area contributed by atoms with Gasteiger partial charge in [-0.2, -0.15) is 5.26 Å². The first kappa shape index (κ1) is 17.0. The molecule has 0 aliphatic heterocycles. The predicted octanol–water partition coefficient (Wildman–Crippen LogP) is 4.80. The van der Waals surface area contributed by atoms with Crippen LogP contribution in [-0.4, -0.2) is 10.7 Å². The SMILES string of the molecule is CCCCCc1ccc(CCC2(O)CCC(C#N)CC2)cc1. The number of rotatable bonds is 7. The van der Waals surface area contributed by atoms with Gasteiger partial charge in [-0.05, 0) is 62.5 Å². The van der Waals surface area contributed by atoms with Crippen molar-refractivity contribution in [3.05, 3.63) is 35.4 Å². The van der Waals surface area contributed by atoms with Crippen LogP contribution in [0.3, 0.4) is 0 Å². The lowest BCUT2D eigenvalue weighted by atomic mass is 9.76. The Bertz CT molecular complexity index is 477. The lowest BCUT2D eigenvalue weighted by Crippen LogP contribution is -2.34. The van der Waals surface area contributed by atoms with Gasteiger partial charge >= 0.3 is 0 Å². The van der Waals surface area contributed by atoms with E-state index in [-0.39, 0.29) is 5.92 Å². The second-order valence-electron chi connectivity index (χ2n) is 6.90. The lowest BCUT2D eigenvalue weighted by Gasteiger charge is -2.34. The fraction of sp³-hybridized carbons (Fsp3) is 0.650. The van der Waals surface area contributed by atoms with Crippen LogP contribution in [0.4, 0.5) is 0 Å². The molecular weight excluding hydrogens is 270 g/mol. The molecule has 22 heavy (non-hydrogen) atoms. The maximum atomic E-state index is 10.6. The second kappa shape index (κ2) is 8.34. The van der Waals surface area contributed by atoms with Crippen LogP contribution in [0.25, 0.3) is 0 Å². The number of aryl methyl sites for hydroxylation is 2. The molecule has 0 aromatic heterocycles. The summed E-state index contributed by atoms with van der Waals surface area (Å²) < 4.78 is 0. The van der Waals surface area contributed by atoms with E-state index < -0.39 is 5.60 Å². The van der Waals surface area contributed by atoms with Crippen molar-refractivity contribution in [2.75, 3.05) is 0 Å². The topological polar surface area (TPSA) is 44.0 Å². The van der Waals surface area contributed by atoms with Crippen LogP contribution in [0.1, 0.15) is 69.4 Å². The van der Waals surface area contributed by atoms with E-state index in [9.17, 15) is 5.11 Å². The highest BCUT2D eigenvalue weighted by molar-refractivity contribution is 5.23. The van der Waals surface area contributed by atoms with Crippen molar-refractivity contribution in [2.45, 2.75) is 76.7 Å². The first-order chi connectivity index (χ1) is 10.6. The van der Waals surface area contributed by atoms with Gasteiger partial charge in [0.05, 0.1) is 11.7 Å². The van der Waals surface area contributed by atoms with Crippen LogP contribution in [0.15, 0.2) is 24.3 Å². The molecule has 1 aromatic rings. The number of benzene rings is 1. The first-order valence-electron chi connectivity index (χ1n) is 8.85. The van der Waals surface area contributed by atoms with Crippen molar-refractivity contribution in [1.29, 1.82) is 5.26 Å². The van der Waals surface area contributed by atoms with Crippen LogP contribution < -0.4 is 0 Å². The van der Waals surface area contributed by atoms with Crippen LogP contribution in [0, 0.1) is 17.2 Å². The van der Waals surface area contributed by atoms with Gasteiger partial charge in [-0.15, -0.1) is 0 Å². The van der Waals surface area contributed by atoms with E-state index in [0.29, 0.717) is 0 Å². The molecule has 1 aliphatic carbocycles. The van der Waals surface area contributed by atoms with Crippen LogP contribution in [0.2, 0.25) is 0 Å². The fourth-order valence-corrected chi connectivity index (χ4v) is 3.36. The Hall–Kier alpha value is -1.33. The van der Waals surface area contributed by atoms with Crippen molar-refractivity contribution in [2.24, 2.45) is 5.92 Å². The Morgan fingerprint density at radius 3 is 2.23 bits per heavy atom. The molecule has 1 saturated carbocycles. The predicted molar refractivity (Wildman–Crippen MR) is 90.5 cm³/mol. The van der Waals surface area contributed by atoms with E-state index in [4.69, 9.17) is 5.26 Å². The van der Waals surface area contributed by atoms with Gasteiger partial charge in [0.2, 0.25) is 0 Å². The van der Waals surface area contributed by atoms with Crippen LogP contribution >= 0.6 is 0 Å². The van der Waals surface area contributed by atoms with E-state index in [1.165, 1.54) is 36.8 Å². The van der Waals surface area contributed by atoms with Crippen molar-refractivity contribution < 1.29 is 5.11 Å². The number of hydrogen-bond donors (Lipinski definition) is 1. The average Bonchev–Trinajstić information content (AvgIpc) is 2.55. The summed E-state index contributed by atoms with van der Waals surface area (Å²) in [4.78, 5) is 0. The molecule has 0 bridgehead atoms. The molecule has 120 valence electrons. The Morgan fingerprint density at radius 2 is 1.68 bits per heavy atom. The minimum Gasteiger partial charge on any atom is -0.390 e. The maximum Gasteiger partial charge on any atom is 0.0655 e. The summed E-state index contributed by atoms with van der Waals surface area (Å²) in [5.41, 5.74) is 2.19. The molecule has 0 spiro atoms. The number of aliphatic hydroxyl groups is 1. The van der Waals surface area contributed by atoms with Crippen molar-refractivity contribution in [3.8, 4) is 6.07 Å². The van der Waals surface area contributed by atoms with Gasteiger partial charge in [0, 0.05) is 5.92 Å². The number of hydrogen-bond acceptors (Lipinski definition) is 2. The fourth-order valence-electron chi connectivity index (χ4n) is 3.36. The molecule has 0 radical (unpaired) electrons. The normalized spacial score (nSPS) is 24.9. The van der Waals surface area contributed by atoms with Crippen molar-refractivity contribution in [1.82, 2.24) is 0 Å². The average molecular weight is 299 g/mol. The highest BCUT2D eigenvalue weighted by Crippen LogP contribution is 2.34. The number of nitriles is 1. The van der Waals surface area contributed by atoms with E-state index in [0.717, 1.165) is 38.5 Å². The summed E-state index contributed by atoms with van der Waals surface area (Å²) in [5, 5.41) is 19.6. The molecule has 1 N–H and O–H groups in total. The van der Waals surface area contributed by atoms with Gasteiger partial charge in [0.15, 0.2) is 0 Å². The Balaban J connectivity index is 1.78. The third kappa shape index (κ3) is 5.14. The van der Waals surface area contributed by atoms with Gasteiger partial charge in [-0.3, -0.25) is 0 Å². The van der Waals surface area contributed by atoms with E-state index in [2.05, 4.69) is 37.3 Å². The molecule has 1 aliphatic rings. The monoisotopic (exact) mass is 299 g/mol. The summed E-state index contributed by atoms with van der Waals surface area (Å²) in [6, 6.07) is 11.2. The smallest absolute Gasteiger partial charge is 0.0655 e. The maximum absolute atomic E-state index is 10.6. The molecule has 0 amide bonds. The summed E-state index contributed by atoms with van der Waals surface area (Å²) in [6.07, 6.45) is 10.0. The van der Waals surface area contributed by atoms with Crippen LogP contribution in [-0.2, 0) is 12.8 Å². The first-order valence-corrected chi connectivity index (χ1v) is 8.85. The molecule has 1 fully saturated rings. The summed E-state index contributed by atoms with van der Waals surface area (Å²) >= 11 is 0. The zero-order chi connectivity index (χ0) is 15.8. The molecule has 1 aromatic carbocycles. The van der Waals surface area contributed by atoms with Crippen LogP contribution in [0.5, 0.6) is 0 Å². The molecule has 0 heterocycles. The van der Waals surface area contributed by atoms with Gasteiger partial charge in [0.25, 0.3) is 0 Å². The number of nitrogens with zero attached hydrogens (tertiary/aromatic N) is 1. The molecule has 0 saturated heterocycles. The summed E-state index contributed by atoms with van der Waals surface area (Å²) in [5.74, 6) is 0.155. The van der Waals surface area contributed by atoms with Gasteiger partial charge in [-0.1, -0.05) is 44.0 Å². The molecule has 2 nitrogen and oxygen atoms in total. The highest BCUT2D eigenvalue weighted by Gasteiger charge is 2.32. The van der Waals surface area contributed by atoms with E-state index in [1.807, 2.05) is 0 Å². The minimum atomic E-state index is -0.548. The second-order valence-corrected chi connectivity index (χ2v) is 6.90. The van der Waals surface area contributed by atoms with Crippen molar-refractivity contribution in [3.63, 3.8) is 0 Å². The highest BCUT2D eigenvalue weighted by atomic mass is 16.3. The molecule has 2 heteroatoms. The lowest BCUT2D eigenvalue weighted by molar-refractivity contribution is -0.0105. The Kier molecular flexibility index (Phi) is 6.46. The standard InChI is InChI=1S/C20H29NO/c1-2-3-4-5-17-6-8-18(9-7-17)10-13-20(22)14-11-19(16-21)12-15-20/h6-9,19,22H,2-5,10-15H2,1H3. The molecule has 0 unspecified atom stereocenters. The summed E-state index contributed by atoms with van der Waals surface area (Å²) in [6.45, 7) is 2.23. The Labute approximate surface area is 135 Å². The molecule has 0 atom stereocenters.